The molecule has 5 aromatic rings. The molecule has 1 aliphatic heterocycles. The highest BCUT2D eigenvalue weighted by Gasteiger charge is 2.26. The van der Waals surface area contributed by atoms with Gasteiger partial charge in [-0.1, -0.05) is 23.4 Å². The second-order valence-corrected chi connectivity index (χ2v) is 13.1. The van der Waals surface area contributed by atoms with E-state index in [1.54, 1.807) is 48.5 Å². The molecule has 1 fully saturated rings. The van der Waals surface area contributed by atoms with Crippen LogP contribution in [0.5, 0.6) is 0 Å². The number of nitrogens with one attached hydrogen (secondary N) is 2. The minimum absolute atomic E-state index is 0.0948. The molecule has 15 nitrogen and oxygen atoms in total. The van der Waals surface area contributed by atoms with E-state index in [-0.39, 0.29) is 24.6 Å². The number of aliphatic hydroxyl groups is 1. The van der Waals surface area contributed by atoms with Crippen LogP contribution < -0.4 is 15.7 Å². The van der Waals surface area contributed by atoms with Crippen LogP contribution in [-0.4, -0.2) is 77.5 Å². The Labute approximate surface area is 309 Å². The fourth-order valence-corrected chi connectivity index (χ4v) is 6.14. The summed E-state index contributed by atoms with van der Waals surface area (Å²) >= 11 is 0. The molecule has 4 heterocycles. The number of anilines is 1. The molecule has 1 aliphatic rings. The first-order valence-corrected chi connectivity index (χ1v) is 16.8. The van der Waals surface area contributed by atoms with Gasteiger partial charge in [-0.15, -0.1) is 5.10 Å². The molecule has 0 aliphatic carbocycles. The Morgan fingerprint density at radius 1 is 1.06 bits per heavy atom. The highest BCUT2D eigenvalue weighted by atomic mass is 19.1. The number of piperidine rings is 1. The van der Waals surface area contributed by atoms with Crippen LogP contribution in [0.15, 0.2) is 67.0 Å². The van der Waals surface area contributed by atoms with Crippen LogP contribution in [0.1, 0.15) is 49.1 Å². The lowest BCUT2D eigenvalue weighted by molar-refractivity contribution is -0.124. The van der Waals surface area contributed by atoms with Crippen molar-refractivity contribution in [3.05, 3.63) is 95.2 Å². The number of carboxylic acid groups (broad SMARTS) is 1. The van der Waals surface area contributed by atoms with Crippen molar-refractivity contribution in [1.82, 2.24) is 35.8 Å². The summed E-state index contributed by atoms with van der Waals surface area (Å²) < 4.78 is 16.7. The highest BCUT2D eigenvalue weighted by molar-refractivity contribution is 5.93. The fourth-order valence-electron chi connectivity index (χ4n) is 6.14. The van der Waals surface area contributed by atoms with Gasteiger partial charge in [0.05, 0.1) is 28.9 Å². The first-order chi connectivity index (χ1) is 26.0. The third-order valence-electron chi connectivity index (χ3n) is 8.66. The Balaban J connectivity index is 0.00000181. The standard InChI is InChI=1S/C37H35FN10O3.CH2O2/c1-37(2,50)22-48-33-9-7-24(16-32(33)44-46-48)30-21-43-36(29(18-40)35(30)25-5-6-26(17-39)31(38)15-25)47-13-11-27(12-14-47)42-20-28-8-3-23(19-41-28)4-10-34(49)45-51;2-1-3/h3-10,15-16,19,21,27,42,50-51H,11-14,20,22H2,1-2H3,(H,45,49);1H,(H,2,3)/b10-4+;. The average Bonchev–Trinajstić information content (AvgIpc) is 3.56. The molecule has 3 aromatic heterocycles. The number of benzene rings is 2. The van der Waals surface area contributed by atoms with Crippen LogP contribution in [0.2, 0.25) is 0 Å². The summed E-state index contributed by atoms with van der Waals surface area (Å²) in [5.74, 6) is -0.811. The van der Waals surface area contributed by atoms with E-state index in [4.69, 9.17) is 20.1 Å². The summed E-state index contributed by atoms with van der Waals surface area (Å²) in [6.07, 6.45) is 7.66. The number of carbonyl (C=O) groups is 2. The van der Waals surface area contributed by atoms with Crippen molar-refractivity contribution >= 4 is 35.3 Å². The molecule has 0 bridgehead atoms. The second-order valence-electron chi connectivity index (χ2n) is 13.1. The Morgan fingerprint density at radius 3 is 2.43 bits per heavy atom. The SMILES string of the molecule is CC(C)(O)Cn1nnc2cc(-c3cnc(N4CCC(NCc5ccc(/C=C/C(=O)NO)cn5)CC4)c(C#N)c3-c3ccc(C#N)c(F)c3)ccc21.O=CO. The largest absolute Gasteiger partial charge is 0.483 e. The summed E-state index contributed by atoms with van der Waals surface area (Å²) in [6, 6.07) is 18.0. The molecule has 0 unspecified atom stereocenters. The molecule has 0 spiro atoms. The van der Waals surface area contributed by atoms with Gasteiger partial charge in [0.2, 0.25) is 0 Å². The zero-order chi connectivity index (χ0) is 38.8. The van der Waals surface area contributed by atoms with Crippen LogP contribution in [0, 0.1) is 28.5 Å². The minimum Gasteiger partial charge on any atom is -0.483 e. The monoisotopic (exact) mass is 732 g/mol. The molecule has 2 aromatic carbocycles. The zero-order valence-corrected chi connectivity index (χ0v) is 29.4. The van der Waals surface area contributed by atoms with Crippen molar-refractivity contribution < 1.29 is 29.4 Å². The number of pyridine rings is 2. The molecule has 5 N–H and O–H groups in total. The summed E-state index contributed by atoms with van der Waals surface area (Å²) in [5.41, 5.74) is 5.85. The summed E-state index contributed by atoms with van der Waals surface area (Å²) in [5, 5.41) is 57.9. The number of rotatable bonds is 10. The van der Waals surface area contributed by atoms with Crippen molar-refractivity contribution in [1.29, 1.82) is 10.5 Å². The second kappa shape index (κ2) is 17.3. The van der Waals surface area contributed by atoms with Crippen molar-refractivity contribution in [2.45, 2.75) is 51.4 Å². The molecule has 16 heteroatoms. The first kappa shape index (κ1) is 38.6. The fraction of sp³-hybridized carbons (Fsp3) is 0.263. The van der Waals surface area contributed by atoms with Crippen molar-refractivity contribution in [3.8, 4) is 34.4 Å². The van der Waals surface area contributed by atoms with Gasteiger partial charge in [-0.05, 0) is 79.8 Å². The number of nitrogens with zero attached hydrogens (tertiary/aromatic N) is 8. The Morgan fingerprint density at radius 2 is 1.80 bits per heavy atom. The van der Waals surface area contributed by atoms with Gasteiger partial charge in [0.25, 0.3) is 12.4 Å². The molecule has 0 atom stereocenters. The van der Waals surface area contributed by atoms with E-state index in [9.17, 15) is 20.4 Å². The summed E-state index contributed by atoms with van der Waals surface area (Å²) in [7, 11) is 0. The Kier molecular flexibility index (Phi) is 12.4. The number of fused-ring (bicyclic) bond motifs is 1. The molecule has 0 radical (unpaired) electrons. The van der Waals surface area contributed by atoms with Crippen molar-refractivity contribution in [2.75, 3.05) is 18.0 Å². The average molecular weight is 733 g/mol. The molecule has 6 rings (SSSR count). The van der Waals surface area contributed by atoms with Gasteiger partial charge in [0, 0.05) is 55.3 Å². The molecule has 1 amide bonds. The van der Waals surface area contributed by atoms with Gasteiger partial charge in [-0.3, -0.25) is 19.8 Å². The molecule has 0 saturated carbocycles. The number of aromatic nitrogens is 5. The zero-order valence-electron chi connectivity index (χ0n) is 29.4. The first-order valence-electron chi connectivity index (χ1n) is 16.8. The molecular weight excluding hydrogens is 695 g/mol. The van der Waals surface area contributed by atoms with Crippen LogP contribution in [0.25, 0.3) is 39.4 Å². The van der Waals surface area contributed by atoms with Gasteiger partial charge in [-0.25, -0.2) is 19.5 Å². The third-order valence-corrected chi connectivity index (χ3v) is 8.66. The van der Waals surface area contributed by atoms with Crippen LogP contribution >= 0.6 is 0 Å². The lowest BCUT2D eigenvalue weighted by Gasteiger charge is -2.34. The normalized spacial score (nSPS) is 13.2. The maximum atomic E-state index is 15.0. The van der Waals surface area contributed by atoms with E-state index in [1.165, 1.54) is 18.2 Å². The lowest BCUT2D eigenvalue weighted by Crippen LogP contribution is -2.43. The van der Waals surface area contributed by atoms with Crippen LogP contribution in [-0.2, 0) is 22.7 Å². The van der Waals surface area contributed by atoms with E-state index >= 15 is 4.39 Å². The van der Waals surface area contributed by atoms with Crippen molar-refractivity contribution in [3.63, 3.8) is 0 Å². The van der Waals surface area contributed by atoms with Gasteiger partial charge in [0.15, 0.2) is 0 Å². The Hall–Kier alpha value is -6.59. The maximum Gasteiger partial charge on any atom is 0.290 e. The number of hydrogen-bond donors (Lipinski definition) is 5. The van der Waals surface area contributed by atoms with E-state index < -0.39 is 17.3 Å². The number of amides is 1. The van der Waals surface area contributed by atoms with Gasteiger partial charge < -0.3 is 20.4 Å². The molecule has 54 heavy (non-hydrogen) atoms. The molecular formula is C38H37FN10O5. The summed E-state index contributed by atoms with van der Waals surface area (Å²) in [4.78, 5) is 30.9. The predicted octanol–water partition coefficient (Wildman–Crippen LogP) is 4.19. The van der Waals surface area contributed by atoms with Gasteiger partial charge in [0.1, 0.15) is 34.9 Å². The Bertz CT molecular complexity index is 2250. The maximum absolute atomic E-state index is 15.0. The molecule has 276 valence electrons. The minimum atomic E-state index is -0.996. The van der Waals surface area contributed by atoms with Crippen LogP contribution in [0.4, 0.5) is 10.2 Å². The number of hydroxylamine groups is 1. The quantitative estimate of drug-likeness (QED) is 0.0588. The number of nitriles is 2. The predicted molar refractivity (Wildman–Crippen MR) is 196 cm³/mol. The number of hydrogen-bond acceptors (Lipinski definition) is 12. The smallest absolute Gasteiger partial charge is 0.290 e. The summed E-state index contributed by atoms with van der Waals surface area (Å²) in [6.45, 7) is 5.18. The van der Waals surface area contributed by atoms with Crippen LogP contribution in [0.3, 0.4) is 0 Å². The lowest BCUT2D eigenvalue weighted by atomic mass is 9.91. The third kappa shape index (κ3) is 9.25. The topological polar surface area (TPSA) is 226 Å². The van der Waals surface area contributed by atoms with E-state index in [0.717, 1.165) is 29.6 Å². The van der Waals surface area contributed by atoms with E-state index in [2.05, 4.69) is 31.6 Å². The number of carbonyl (C=O) groups excluding carboxylic acids is 1. The van der Waals surface area contributed by atoms with E-state index in [0.29, 0.717) is 58.8 Å². The van der Waals surface area contributed by atoms with Gasteiger partial charge >= 0.3 is 0 Å². The van der Waals surface area contributed by atoms with E-state index in [1.807, 2.05) is 36.4 Å². The molecule has 1 saturated heterocycles. The van der Waals surface area contributed by atoms with Gasteiger partial charge in [-0.2, -0.15) is 10.5 Å². The highest BCUT2D eigenvalue weighted by Crippen LogP contribution is 2.40. The van der Waals surface area contributed by atoms with Crippen molar-refractivity contribution in [2.24, 2.45) is 0 Å². The number of halogens is 1.